The van der Waals surface area contributed by atoms with Gasteiger partial charge in [-0.2, -0.15) is 13.5 Å². The number of benzene rings is 2. The van der Waals surface area contributed by atoms with Gasteiger partial charge in [0.05, 0.1) is 29.5 Å². The predicted molar refractivity (Wildman–Crippen MR) is 129 cm³/mol. The van der Waals surface area contributed by atoms with Crippen LogP contribution >= 0.6 is 13.5 Å². The lowest BCUT2D eigenvalue weighted by atomic mass is 9.75. The molecule has 2 aromatic carbocycles. The molecule has 1 aliphatic rings. The molecule has 1 amide bonds. The zero-order chi connectivity index (χ0) is 22.8. The van der Waals surface area contributed by atoms with Gasteiger partial charge in [-0.25, -0.2) is 9.78 Å². The van der Waals surface area contributed by atoms with Crippen LogP contribution in [0.4, 0.5) is 0 Å². The number of nitrogens with zero attached hydrogens (tertiary/aromatic N) is 2. The summed E-state index contributed by atoms with van der Waals surface area (Å²) in [5.74, 6) is -1.16. The second kappa shape index (κ2) is 10.3. The molecule has 0 bridgehead atoms. The molecule has 10 heteroatoms. The molecule has 172 valence electrons. The minimum Gasteiger partial charge on any atom is -0.458 e. The van der Waals surface area contributed by atoms with E-state index in [2.05, 4.69) is 15.3 Å². The topological polar surface area (TPSA) is 111 Å². The van der Waals surface area contributed by atoms with E-state index >= 15 is 0 Å². The summed E-state index contributed by atoms with van der Waals surface area (Å²) in [7, 11) is -1.05. The molecule has 8 nitrogen and oxygen atoms in total. The van der Waals surface area contributed by atoms with Crippen LogP contribution in [0.5, 0.6) is 0 Å². The number of hydrogen-bond acceptors (Lipinski definition) is 7. The lowest BCUT2D eigenvalue weighted by Crippen LogP contribution is -2.46. The fourth-order valence-corrected chi connectivity index (χ4v) is 3.77. The molecular weight excluding hydrogens is 441 g/mol. The summed E-state index contributed by atoms with van der Waals surface area (Å²) in [6, 6.07) is 10.0. The van der Waals surface area contributed by atoms with Crippen molar-refractivity contribution >= 4 is 49.0 Å². The van der Waals surface area contributed by atoms with Crippen molar-refractivity contribution in [1.82, 2.24) is 15.3 Å². The molecule has 4 rings (SSSR count). The smallest absolute Gasteiger partial charge is 0.458 e. The SMILES string of the molecule is Cc1c(C(=O)N[C@H](C(=O)OCc2cnc3ccccc3n2)C(C)C)ccc2c1B(O)OC2.S. The number of para-hydroxylation sites is 2. The number of carbonyl (C=O) groups is 2. The summed E-state index contributed by atoms with van der Waals surface area (Å²) in [4.78, 5) is 34.5. The van der Waals surface area contributed by atoms with Crippen LogP contribution in [0, 0.1) is 12.8 Å². The first-order valence-corrected chi connectivity index (χ1v) is 10.5. The van der Waals surface area contributed by atoms with Crippen molar-refractivity contribution in [2.75, 3.05) is 0 Å². The first-order valence-electron chi connectivity index (χ1n) is 10.5. The fraction of sp³-hybridized carbons (Fsp3) is 0.304. The number of aromatic nitrogens is 2. The van der Waals surface area contributed by atoms with E-state index in [4.69, 9.17) is 9.39 Å². The normalized spacial score (nSPS) is 13.4. The van der Waals surface area contributed by atoms with Crippen LogP contribution in [-0.4, -0.2) is 40.0 Å². The van der Waals surface area contributed by atoms with Gasteiger partial charge in [-0.3, -0.25) is 9.78 Å². The van der Waals surface area contributed by atoms with Crippen LogP contribution in [0.15, 0.2) is 42.6 Å². The lowest BCUT2D eigenvalue weighted by molar-refractivity contribution is -0.148. The Hall–Kier alpha value is -2.95. The van der Waals surface area contributed by atoms with E-state index in [1.165, 1.54) is 0 Å². The largest absolute Gasteiger partial charge is 0.492 e. The van der Waals surface area contributed by atoms with Crippen LogP contribution in [0.25, 0.3) is 11.0 Å². The molecule has 1 aromatic heterocycles. The molecule has 3 aromatic rings. The third-order valence-electron chi connectivity index (χ3n) is 5.56. The van der Waals surface area contributed by atoms with Crippen molar-refractivity contribution in [3.8, 4) is 0 Å². The molecule has 1 aliphatic heterocycles. The number of ether oxygens (including phenoxy) is 1. The summed E-state index contributed by atoms with van der Waals surface area (Å²) >= 11 is 0. The van der Waals surface area contributed by atoms with E-state index in [1.54, 1.807) is 25.3 Å². The highest BCUT2D eigenvalue weighted by Crippen LogP contribution is 2.17. The number of rotatable bonds is 6. The number of amides is 1. The van der Waals surface area contributed by atoms with E-state index in [1.807, 2.05) is 38.1 Å². The number of nitrogens with one attached hydrogen (secondary N) is 1. The maximum absolute atomic E-state index is 12.9. The molecule has 33 heavy (non-hydrogen) atoms. The van der Waals surface area contributed by atoms with Crippen LogP contribution in [-0.2, 0) is 27.4 Å². The molecular formula is C23H26BN3O5S. The van der Waals surface area contributed by atoms with Gasteiger partial charge in [0.1, 0.15) is 12.6 Å². The third-order valence-corrected chi connectivity index (χ3v) is 5.56. The summed E-state index contributed by atoms with van der Waals surface area (Å²) in [5, 5.41) is 12.8. The standard InChI is InChI=1S/C23H24BN3O5.H2S/c1-13(2)21(23(29)31-12-16-10-25-18-6-4-5-7-19(18)26-16)27-22(28)17-9-8-15-11-32-24(30)20(15)14(17)3;/h4-10,13,21,30H,11-12H2,1-3H3,(H,27,28);1H2/t21-;/m0./s1. The van der Waals surface area contributed by atoms with Gasteiger partial charge in [-0.1, -0.05) is 32.0 Å². The minimum absolute atomic E-state index is 0. The molecule has 0 fully saturated rings. The van der Waals surface area contributed by atoms with E-state index in [9.17, 15) is 14.6 Å². The first-order chi connectivity index (χ1) is 15.3. The molecule has 0 unspecified atom stereocenters. The number of carbonyl (C=O) groups excluding carboxylic acids is 2. The van der Waals surface area contributed by atoms with Crippen molar-refractivity contribution in [1.29, 1.82) is 0 Å². The van der Waals surface area contributed by atoms with E-state index in [-0.39, 0.29) is 26.0 Å². The van der Waals surface area contributed by atoms with Crippen LogP contribution < -0.4 is 10.8 Å². The fourth-order valence-electron chi connectivity index (χ4n) is 3.77. The molecule has 0 saturated heterocycles. The Labute approximate surface area is 199 Å². The van der Waals surface area contributed by atoms with Crippen molar-refractivity contribution in [3.05, 3.63) is 65.0 Å². The van der Waals surface area contributed by atoms with E-state index < -0.39 is 25.0 Å². The first kappa shape index (κ1) is 24.7. The molecule has 0 radical (unpaired) electrons. The van der Waals surface area contributed by atoms with Gasteiger partial charge in [0, 0.05) is 5.56 Å². The second-order valence-electron chi connectivity index (χ2n) is 8.13. The van der Waals surface area contributed by atoms with E-state index in [0.29, 0.717) is 34.4 Å². The van der Waals surface area contributed by atoms with Gasteiger partial charge in [0.15, 0.2) is 0 Å². The average Bonchev–Trinajstić information content (AvgIpc) is 3.17. The number of esters is 1. The van der Waals surface area contributed by atoms with Crippen molar-refractivity contribution in [2.45, 2.75) is 40.0 Å². The van der Waals surface area contributed by atoms with Crippen LogP contribution in [0.1, 0.15) is 41.0 Å². The summed E-state index contributed by atoms with van der Waals surface area (Å²) in [6.07, 6.45) is 1.57. The van der Waals surface area contributed by atoms with Crippen molar-refractivity contribution in [2.24, 2.45) is 5.92 Å². The van der Waals surface area contributed by atoms with Gasteiger partial charge >= 0.3 is 13.1 Å². The number of fused-ring (bicyclic) bond motifs is 2. The summed E-state index contributed by atoms with van der Waals surface area (Å²) < 4.78 is 10.7. The zero-order valence-corrected chi connectivity index (χ0v) is 19.7. The Kier molecular flexibility index (Phi) is 7.73. The monoisotopic (exact) mass is 467 g/mol. The Balaban J connectivity index is 0.00000306. The lowest BCUT2D eigenvalue weighted by Gasteiger charge is -2.21. The maximum atomic E-state index is 12.9. The van der Waals surface area contributed by atoms with Gasteiger partial charge in [-0.05, 0) is 47.6 Å². The Morgan fingerprint density at radius 2 is 1.94 bits per heavy atom. The van der Waals surface area contributed by atoms with Gasteiger partial charge in [-0.15, -0.1) is 0 Å². The predicted octanol–water partition coefficient (Wildman–Crippen LogP) is 1.77. The summed E-state index contributed by atoms with van der Waals surface area (Å²) in [6.45, 7) is 5.67. The van der Waals surface area contributed by atoms with Crippen molar-refractivity contribution < 1.29 is 24.0 Å². The number of hydrogen-bond donors (Lipinski definition) is 2. The Morgan fingerprint density at radius 3 is 2.67 bits per heavy atom. The average molecular weight is 467 g/mol. The van der Waals surface area contributed by atoms with Gasteiger partial charge in [0.25, 0.3) is 5.91 Å². The Morgan fingerprint density at radius 1 is 1.21 bits per heavy atom. The highest BCUT2D eigenvalue weighted by atomic mass is 32.1. The van der Waals surface area contributed by atoms with Gasteiger partial charge in [0.2, 0.25) is 0 Å². The minimum atomic E-state index is -1.05. The molecule has 0 saturated carbocycles. The van der Waals surface area contributed by atoms with Gasteiger partial charge < -0.3 is 19.7 Å². The summed E-state index contributed by atoms with van der Waals surface area (Å²) in [5.41, 5.74) is 4.47. The van der Waals surface area contributed by atoms with E-state index in [0.717, 1.165) is 11.1 Å². The molecule has 2 heterocycles. The van der Waals surface area contributed by atoms with Crippen molar-refractivity contribution in [3.63, 3.8) is 0 Å². The zero-order valence-electron chi connectivity index (χ0n) is 18.7. The Bertz CT molecular complexity index is 1190. The highest BCUT2D eigenvalue weighted by molar-refractivity contribution is 7.59. The molecule has 0 spiro atoms. The quantitative estimate of drug-likeness (QED) is 0.420. The maximum Gasteiger partial charge on any atom is 0.492 e. The van der Waals surface area contributed by atoms with Crippen LogP contribution in [0.3, 0.4) is 0 Å². The second-order valence-corrected chi connectivity index (χ2v) is 8.13. The molecule has 1 atom stereocenters. The third kappa shape index (κ3) is 5.18. The highest BCUT2D eigenvalue weighted by Gasteiger charge is 2.32. The molecule has 0 aliphatic carbocycles. The molecule has 2 N–H and O–H groups in total. The van der Waals surface area contributed by atoms with Crippen LogP contribution in [0.2, 0.25) is 0 Å².